The van der Waals surface area contributed by atoms with Crippen molar-refractivity contribution < 1.29 is 13.2 Å². The van der Waals surface area contributed by atoms with E-state index in [0.29, 0.717) is 6.54 Å². The third-order valence-electron chi connectivity index (χ3n) is 2.09. The van der Waals surface area contributed by atoms with Gasteiger partial charge in [-0.05, 0) is 13.0 Å². The fourth-order valence-electron chi connectivity index (χ4n) is 1.49. The van der Waals surface area contributed by atoms with Crippen LogP contribution in [0, 0.1) is 0 Å². The van der Waals surface area contributed by atoms with Gasteiger partial charge < -0.3 is 10.1 Å². The maximum atomic E-state index is 11.0. The minimum Gasteiger partial charge on any atom is -0.378 e. The number of hydrogen-bond acceptors (Lipinski definition) is 4. The van der Waals surface area contributed by atoms with Gasteiger partial charge in [-0.15, -0.1) is 12.4 Å². The highest BCUT2D eigenvalue weighted by atomic mass is 35.5. The van der Waals surface area contributed by atoms with Crippen LogP contribution in [0.2, 0.25) is 0 Å². The molecular formula is C7H17ClN2O3S. The number of hydrogen-bond donors (Lipinski definition) is 2. The Balaban J connectivity index is 0.00000169. The molecule has 1 aliphatic heterocycles. The van der Waals surface area contributed by atoms with Gasteiger partial charge in [0.15, 0.2) is 0 Å². The minimum absolute atomic E-state index is 0. The zero-order valence-corrected chi connectivity index (χ0v) is 9.95. The summed E-state index contributed by atoms with van der Waals surface area (Å²) in [6.45, 7) is 1.52. The van der Waals surface area contributed by atoms with Crippen LogP contribution in [0.5, 0.6) is 0 Å². The average molecular weight is 245 g/mol. The molecule has 0 saturated carbocycles. The first-order chi connectivity index (χ1) is 6.03. The van der Waals surface area contributed by atoms with E-state index in [1.807, 2.05) is 0 Å². The van der Waals surface area contributed by atoms with Crippen LogP contribution < -0.4 is 10.0 Å². The van der Waals surface area contributed by atoms with Crippen molar-refractivity contribution >= 4 is 22.4 Å². The van der Waals surface area contributed by atoms with Crippen LogP contribution in [-0.4, -0.2) is 47.0 Å². The fourth-order valence-corrected chi connectivity index (χ4v) is 2.31. The largest absolute Gasteiger partial charge is 0.378 e. The third-order valence-corrected chi connectivity index (χ3v) is 2.83. The average Bonchev–Trinajstić information content (AvgIpc) is 2.02. The van der Waals surface area contributed by atoms with Gasteiger partial charge in [0.05, 0.1) is 18.4 Å². The van der Waals surface area contributed by atoms with Gasteiger partial charge in [0, 0.05) is 13.7 Å². The Bertz CT molecular complexity index is 258. The monoisotopic (exact) mass is 244 g/mol. The summed E-state index contributed by atoms with van der Waals surface area (Å²) >= 11 is 0. The Kier molecular flexibility index (Phi) is 5.92. The summed E-state index contributed by atoms with van der Waals surface area (Å²) in [4.78, 5) is 0. The van der Waals surface area contributed by atoms with Gasteiger partial charge in [0.1, 0.15) is 0 Å². The second-order valence-electron chi connectivity index (χ2n) is 3.26. The smallest absolute Gasteiger partial charge is 0.209 e. The summed E-state index contributed by atoms with van der Waals surface area (Å²) in [6, 6.07) is -0.0961. The Morgan fingerprint density at radius 1 is 1.50 bits per heavy atom. The summed E-state index contributed by atoms with van der Waals surface area (Å²) in [5.74, 6) is 0. The maximum absolute atomic E-state index is 11.0. The van der Waals surface area contributed by atoms with Gasteiger partial charge in [0.25, 0.3) is 0 Å². The number of methoxy groups -OCH3 is 1. The standard InChI is InChI=1S/C7H16N2O3S.ClH/c1-12-7-5-8-4-3-6(7)9-13(2,10)11;/h6-9H,3-5H2,1-2H3;1H/t6-,7-;/m1./s1. The molecule has 14 heavy (non-hydrogen) atoms. The number of piperidine rings is 1. The zero-order chi connectivity index (χ0) is 9.90. The number of nitrogens with one attached hydrogen (secondary N) is 2. The van der Waals surface area contributed by atoms with Crippen LogP contribution in [0.1, 0.15) is 6.42 Å². The molecule has 1 rings (SSSR count). The third kappa shape index (κ3) is 4.56. The van der Waals surface area contributed by atoms with E-state index in [9.17, 15) is 8.42 Å². The van der Waals surface area contributed by atoms with Gasteiger partial charge in [-0.2, -0.15) is 0 Å². The van der Waals surface area contributed by atoms with E-state index < -0.39 is 10.0 Å². The highest BCUT2D eigenvalue weighted by Crippen LogP contribution is 2.07. The second kappa shape index (κ2) is 5.87. The van der Waals surface area contributed by atoms with Crippen molar-refractivity contribution in [3.8, 4) is 0 Å². The molecule has 86 valence electrons. The Labute approximate surface area is 91.1 Å². The van der Waals surface area contributed by atoms with Crippen molar-refractivity contribution in [3.05, 3.63) is 0 Å². The fraction of sp³-hybridized carbons (Fsp3) is 1.00. The lowest BCUT2D eigenvalue weighted by molar-refractivity contribution is 0.0594. The van der Waals surface area contributed by atoms with Crippen LogP contribution in [-0.2, 0) is 14.8 Å². The molecular weight excluding hydrogens is 228 g/mol. The normalized spacial score (nSPS) is 28.1. The van der Waals surface area contributed by atoms with E-state index >= 15 is 0 Å². The summed E-state index contributed by atoms with van der Waals surface area (Å²) in [5.41, 5.74) is 0. The Hall–Kier alpha value is 0.120. The van der Waals surface area contributed by atoms with E-state index in [1.54, 1.807) is 7.11 Å². The predicted molar refractivity (Wildman–Crippen MR) is 57.3 cm³/mol. The van der Waals surface area contributed by atoms with Crippen LogP contribution in [0.15, 0.2) is 0 Å². The number of ether oxygens (including phenoxy) is 1. The first kappa shape index (κ1) is 14.1. The van der Waals surface area contributed by atoms with Gasteiger partial charge >= 0.3 is 0 Å². The van der Waals surface area contributed by atoms with Crippen molar-refractivity contribution in [2.75, 3.05) is 26.5 Å². The molecule has 0 aromatic rings. The first-order valence-electron chi connectivity index (χ1n) is 4.24. The molecule has 5 nitrogen and oxygen atoms in total. The number of halogens is 1. The molecule has 2 N–H and O–H groups in total. The molecule has 0 radical (unpaired) electrons. The molecule has 0 spiro atoms. The van der Waals surface area contributed by atoms with Gasteiger partial charge in [-0.1, -0.05) is 0 Å². The molecule has 0 aromatic heterocycles. The van der Waals surface area contributed by atoms with Crippen molar-refractivity contribution in [1.29, 1.82) is 0 Å². The van der Waals surface area contributed by atoms with Crippen molar-refractivity contribution in [3.63, 3.8) is 0 Å². The summed E-state index contributed by atoms with van der Waals surface area (Å²) < 4.78 is 29.7. The van der Waals surface area contributed by atoms with Crippen molar-refractivity contribution in [2.45, 2.75) is 18.6 Å². The Morgan fingerprint density at radius 3 is 2.64 bits per heavy atom. The van der Waals surface area contributed by atoms with Crippen LogP contribution >= 0.6 is 12.4 Å². The van der Waals surface area contributed by atoms with E-state index in [2.05, 4.69) is 10.0 Å². The quantitative estimate of drug-likeness (QED) is 0.692. The van der Waals surface area contributed by atoms with E-state index in [1.165, 1.54) is 6.26 Å². The van der Waals surface area contributed by atoms with Crippen molar-refractivity contribution in [2.24, 2.45) is 0 Å². The highest BCUT2D eigenvalue weighted by Gasteiger charge is 2.26. The van der Waals surface area contributed by atoms with E-state index in [0.717, 1.165) is 13.0 Å². The van der Waals surface area contributed by atoms with Gasteiger partial charge in [0.2, 0.25) is 10.0 Å². The molecule has 7 heteroatoms. The van der Waals surface area contributed by atoms with Crippen LogP contribution in [0.4, 0.5) is 0 Å². The van der Waals surface area contributed by atoms with Crippen molar-refractivity contribution in [1.82, 2.24) is 10.0 Å². The lowest BCUT2D eigenvalue weighted by Gasteiger charge is -2.30. The highest BCUT2D eigenvalue weighted by molar-refractivity contribution is 7.88. The molecule has 2 atom stereocenters. The lowest BCUT2D eigenvalue weighted by atomic mass is 10.1. The topological polar surface area (TPSA) is 67.4 Å². The zero-order valence-electron chi connectivity index (χ0n) is 8.32. The van der Waals surface area contributed by atoms with E-state index in [4.69, 9.17) is 4.74 Å². The molecule has 1 heterocycles. The molecule has 0 bridgehead atoms. The number of rotatable bonds is 3. The second-order valence-corrected chi connectivity index (χ2v) is 5.04. The molecule has 1 aliphatic rings. The summed E-state index contributed by atoms with van der Waals surface area (Å²) in [5, 5.41) is 3.14. The molecule has 1 saturated heterocycles. The number of sulfonamides is 1. The Morgan fingerprint density at radius 2 is 2.14 bits per heavy atom. The predicted octanol–water partition coefficient (Wildman–Crippen LogP) is -0.666. The SMILES string of the molecule is CO[C@@H]1CNCC[C@H]1NS(C)(=O)=O.Cl. The van der Waals surface area contributed by atoms with E-state index in [-0.39, 0.29) is 24.6 Å². The molecule has 0 unspecified atom stereocenters. The molecule has 1 fully saturated rings. The summed E-state index contributed by atoms with van der Waals surface area (Å²) in [7, 11) is -1.53. The van der Waals surface area contributed by atoms with Gasteiger partial charge in [-0.25, -0.2) is 13.1 Å². The molecule has 0 amide bonds. The van der Waals surface area contributed by atoms with Crippen LogP contribution in [0.25, 0.3) is 0 Å². The molecule has 0 aliphatic carbocycles. The summed E-state index contributed by atoms with van der Waals surface area (Å²) in [6.07, 6.45) is 1.87. The minimum atomic E-state index is -3.12. The van der Waals surface area contributed by atoms with Crippen LogP contribution in [0.3, 0.4) is 0 Å². The lowest BCUT2D eigenvalue weighted by Crippen LogP contribution is -2.53. The van der Waals surface area contributed by atoms with Gasteiger partial charge in [-0.3, -0.25) is 0 Å². The molecule has 0 aromatic carbocycles. The maximum Gasteiger partial charge on any atom is 0.209 e. The first-order valence-corrected chi connectivity index (χ1v) is 6.13.